The summed E-state index contributed by atoms with van der Waals surface area (Å²) >= 11 is 0. The van der Waals surface area contributed by atoms with Crippen molar-refractivity contribution in [2.75, 3.05) is 20.6 Å². The average Bonchev–Trinajstić information content (AvgIpc) is 2.35. The molecule has 2 atom stereocenters. The Morgan fingerprint density at radius 1 is 1.31 bits per heavy atom. The molecular formula is C10H20N2O. The predicted octanol–water partition coefficient (Wildman–Crippen LogP) is 0.947. The molecule has 1 aliphatic heterocycles. The molecule has 0 saturated carbocycles. The topological polar surface area (TPSA) is 23.6 Å². The van der Waals surface area contributed by atoms with Gasteiger partial charge >= 0.3 is 0 Å². The summed E-state index contributed by atoms with van der Waals surface area (Å²) in [6.45, 7) is 4.98. The standard InChI is InChI=1S/C10H20N2O/c1-8-5-6-9(2)12(8)7-10(13)11(3)4/h8-9H,5-7H2,1-4H3. The maximum absolute atomic E-state index is 11.5. The van der Waals surface area contributed by atoms with Gasteiger partial charge < -0.3 is 4.90 Å². The Morgan fingerprint density at radius 2 is 1.77 bits per heavy atom. The van der Waals surface area contributed by atoms with Gasteiger partial charge in [-0.25, -0.2) is 0 Å². The summed E-state index contributed by atoms with van der Waals surface area (Å²) in [7, 11) is 3.63. The van der Waals surface area contributed by atoms with Gasteiger partial charge in [0.1, 0.15) is 0 Å². The number of carbonyl (C=O) groups is 1. The van der Waals surface area contributed by atoms with E-state index in [0.717, 1.165) is 0 Å². The first-order chi connectivity index (χ1) is 6.02. The van der Waals surface area contributed by atoms with E-state index >= 15 is 0 Å². The molecule has 1 amide bonds. The summed E-state index contributed by atoms with van der Waals surface area (Å²) in [6.07, 6.45) is 2.45. The minimum Gasteiger partial charge on any atom is -0.348 e. The number of hydrogen-bond acceptors (Lipinski definition) is 2. The van der Waals surface area contributed by atoms with Crippen LogP contribution in [0.25, 0.3) is 0 Å². The van der Waals surface area contributed by atoms with Gasteiger partial charge in [-0.3, -0.25) is 9.69 Å². The first kappa shape index (κ1) is 10.5. The van der Waals surface area contributed by atoms with E-state index in [-0.39, 0.29) is 5.91 Å². The number of rotatable bonds is 2. The lowest BCUT2D eigenvalue weighted by molar-refractivity contribution is -0.130. The van der Waals surface area contributed by atoms with Crippen LogP contribution in [-0.2, 0) is 4.79 Å². The lowest BCUT2D eigenvalue weighted by atomic mass is 10.2. The maximum Gasteiger partial charge on any atom is 0.236 e. The Kier molecular flexibility index (Phi) is 3.31. The molecule has 0 aromatic rings. The van der Waals surface area contributed by atoms with E-state index in [4.69, 9.17) is 0 Å². The molecule has 1 fully saturated rings. The minimum absolute atomic E-state index is 0.209. The third kappa shape index (κ3) is 2.44. The molecule has 1 saturated heterocycles. The number of likely N-dealkylation sites (N-methyl/N-ethyl adjacent to an activating group) is 1. The fourth-order valence-corrected chi connectivity index (χ4v) is 1.86. The monoisotopic (exact) mass is 184 g/mol. The second-order valence-electron chi connectivity index (χ2n) is 4.24. The zero-order valence-corrected chi connectivity index (χ0v) is 9.08. The molecule has 0 aliphatic carbocycles. The highest BCUT2D eigenvalue weighted by Gasteiger charge is 2.28. The van der Waals surface area contributed by atoms with Crippen LogP contribution in [0.3, 0.4) is 0 Å². The quantitative estimate of drug-likeness (QED) is 0.638. The molecule has 0 N–H and O–H groups in total. The van der Waals surface area contributed by atoms with Crippen LogP contribution >= 0.6 is 0 Å². The van der Waals surface area contributed by atoms with Gasteiger partial charge in [-0.15, -0.1) is 0 Å². The van der Waals surface area contributed by atoms with Crippen LogP contribution in [0.2, 0.25) is 0 Å². The van der Waals surface area contributed by atoms with Crippen molar-refractivity contribution in [1.29, 1.82) is 0 Å². The predicted molar refractivity (Wildman–Crippen MR) is 53.6 cm³/mol. The molecule has 1 rings (SSSR count). The van der Waals surface area contributed by atoms with Crippen LogP contribution in [0.4, 0.5) is 0 Å². The van der Waals surface area contributed by atoms with Crippen molar-refractivity contribution >= 4 is 5.91 Å². The van der Waals surface area contributed by atoms with Crippen LogP contribution in [0.1, 0.15) is 26.7 Å². The van der Waals surface area contributed by atoms with E-state index < -0.39 is 0 Å². The highest BCUT2D eigenvalue weighted by Crippen LogP contribution is 2.22. The SMILES string of the molecule is CC1CCC(C)N1CC(=O)N(C)C. The van der Waals surface area contributed by atoms with Crippen molar-refractivity contribution in [2.45, 2.75) is 38.8 Å². The minimum atomic E-state index is 0.209. The van der Waals surface area contributed by atoms with Crippen molar-refractivity contribution in [2.24, 2.45) is 0 Å². The largest absolute Gasteiger partial charge is 0.348 e. The Labute approximate surface area is 80.7 Å². The van der Waals surface area contributed by atoms with E-state index in [1.807, 2.05) is 14.1 Å². The number of hydrogen-bond donors (Lipinski definition) is 0. The lowest BCUT2D eigenvalue weighted by Gasteiger charge is -2.26. The molecular weight excluding hydrogens is 164 g/mol. The van der Waals surface area contributed by atoms with Gasteiger partial charge in [-0.05, 0) is 26.7 Å². The van der Waals surface area contributed by atoms with E-state index in [2.05, 4.69) is 18.7 Å². The van der Waals surface area contributed by atoms with E-state index in [9.17, 15) is 4.79 Å². The highest BCUT2D eigenvalue weighted by atomic mass is 16.2. The highest BCUT2D eigenvalue weighted by molar-refractivity contribution is 5.77. The fraction of sp³-hybridized carbons (Fsp3) is 0.900. The maximum atomic E-state index is 11.5. The summed E-state index contributed by atoms with van der Waals surface area (Å²) < 4.78 is 0. The molecule has 1 aliphatic rings. The molecule has 2 unspecified atom stereocenters. The molecule has 13 heavy (non-hydrogen) atoms. The van der Waals surface area contributed by atoms with Crippen LogP contribution in [-0.4, -0.2) is 48.4 Å². The third-order valence-corrected chi connectivity index (χ3v) is 2.95. The Morgan fingerprint density at radius 3 is 2.15 bits per heavy atom. The lowest BCUT2D eigenvalue weighted by Crippen LogP contribution is -2.41. The van der Waals surface area contributed by atoms with Gasteiger partial charge in [0, 0.05) is 26.2 Å². The summed E-state index contributed by atoms with van der Waals surface area (Å²) in [6, 6.07) is 1.14. The van der Waals surface area contributed by atoms with Crippen molar-refractivity contribution in [3.8, 4) is 0 Å². The van der Waals surface area contributed by atoms with Crippen molar-refractivity contribution < 1.29 is 4.79 Å². The zero-order valence-electron chi connectivity index (χ0n) is 9.08. The van der Waals surface area contributed by atoms with E-state index in [0.29, 0.717) is 18.6 Å². The number of amides is 1. The normalized spacial score (nSPS) is 29.2. The summed E-state index contributed by atoms with van der Waals surface area (Å²) in [5.74, 6) is 0.209. The second-order valence-corrected chi connectivity index (χ2v) is 4.24. The molecule has 3 heteroatoms. The average molecular weight is 184 g/mol. The van der Waals surface area contributed by atoms with Gasteiger partial charge in [-0.1, -0.05) is 0 Å². The summed E-state index contributed by atoms with van der Waals surface area (Å²) in [5, 5.41) is 0. The van der Waals surface area contributed by atoms with Gasteiger partial charge in [0.25, 0.3) is 0 Å². The Balaban J connectivity index is 2.47. The first-order valence-electron chi connectivity index (χ1n) is 4.98. The molecule has 0 bridgehead atoms. The van der Waals surface area contributed by atoms with Gasteiger partial charge in [0.2, 0.25) is 5.91 Å². The molecule has 76 valence electrons. The smallest absolute Gasteiger partial charge is 0.236 e. The number of nitrogens with zero attached hydrogens (tertiary/aromatic N) is 2. The first-order valence-corrected chi connectivity index (χ1v) is 4.98. The van der Waals surface area contributed by atoms with Crippen molar-refractivity contribution in [3.63, 3.8) is 0 Å². The van der Waals surface area contributed by atoms with E-state index in [1.165, 1.54) is 12.8 Å². The Bertz CT molecular complexity index is 181. The van der Waals surface area contributed by atoms with Crippen molar-refractivity contribution in [1.82, 2.24) is 9.80 Å². The zero-order chi connectivity index (χ0) is 10.0. The van der Waals surface area contributed by atoms with Crippen LogP contribution in [0, 0.1) is 0 Å². The van der Waals surface area contributed by atoms with Crippen LogP contribution in [0.15, 0.2) is 0 Å². The van der Waals surface area contributed by atoms with Crippen molar-refractivity contribution in [3.05, 3.63) is 0 Å². The third-order valence-electron chi connectivity index (χ3n) is 2.95. The molecule has 0 radical (unpaired) electrons. The van der Waals surface area contributed by atoms with E-state index in [1.54, 1.807) is 4.90 Å². The summed E-state index contributed by atoms with van der Waals surface area (Å²) in [4.78, 5) is 15.4. The molecule has 3 nitrogen and oxygen atoms in total. The summed E-state index contributed by atoms with van der Waals surface area (Å²) in [5.41, 5.74) is 0. The van der Waals surface area contributed by atoms with Gasteiger partial charge in [0.15, 0.2) is 0 Å². The Hall–Kier alpha value is -0.570. The second kappa shape index (κ2) is 4.09. The van der Waals surface area contributed by atoms with Crippen LogP contribution in [0.5, 0.6) is 0 Å². The number of likely N-dealkylation sites (tertiary alicyclic amines) is 1. The fourth-order valence-electron chi connectivity index (χ4n) is 1.86. The molecule has 0 spiro atoms. The number of carbonyl (C=O) groups excluding carboxylic acids is 1. The van der Waals surface area contributed by atoms with Crippen LogP contribution < -0.4 is 0 Å². The van der Waals surface area contributed by atoms with Gasteiger partial charge in [-0.2, -0.15) is 0 Å². The molecule has 0 aromatic carbocycles. The molecule has 1 heterocycles. The molecule has 0 aromatic heterocycles. The van der Waals surface area contributed by atoms with Gasteiger partial charge in [0.05, 0.1) is 6.54 Å².